The molecule has 1 N–H and O–H groups in total. The van der Waals surface area contributed by atoms with Gasteiger partial charge in [0.25, 0.3) is 5.56 Å². The summed E-state index contributed by atoms with van der Waals surface area (Å²) in [6, 6.07) is 17.5. The van der Waals surface area contributed by atoms with Crippen LogP contribution in [0.15, 0.2) is 75.0 Å². The summed E-state index contributed by atoms with van der Waals surface area (Å²) in [4.78, 5) is 29.5. The lowest BCUT2D eigenvalue weighted by atomic mass is 9.88. The Balaban J connectivity index is 1.42. The minimum atomic E-state index is -0.971. The lowest BCUT2D eigenvalue weighted by Crippen LogP contribution is -2.25. The number of methoxy groups -OCH3 is 1. The van der Waals surface area contributed by atoms with Gasteiger partial charge < -0.3 is 14.6 Å². The molecule has 0 aliphatic heterocycles. The standard InChI is InChI=1S/C30H28BrN3O5/c1-38-27-15-20(9-14-26(27)39-18-19-7-10-22(11-8-19)30(36)37)17-32-34-28(21-5-3-2-4-6-21)33-25-13-12-23(31)16-24(25)29(34)35/h7-17,21H,2-6,18H2,1H3,(H,36,37). The van der Waals surface area contributed by atoms with Crippen LogP contribution in [0.3, 0.4) is 0 Å². The predicted octanol–water partition coefficient (Wildman–Crippen LogP) is 6.37. The third-order valence-electron chi connectivity index (χ3n) is 6.91. The maximum atomic E-state index is 13.5. The van der Waals surface area contributed by atoms with E-state index in [1.54, 1.807) is 55.8 Å². The van der Waals surface area contributed by atoms with E-state index in [-0.39, 0.29) is 23.6 Å². The predicted molar refractivity (Wildman–Crippen MR) is 153 cm³/mol. The van der Waals surface area contributed by atoms with Crippen molar-refractivity contribution in [1.29, 1.82) is 0 Å². The number of carbonyl (C=O) groups is 1. The number of rotatable bonds is 8. The number of aromatic nitrogens is 2. The van der Waals surface area contributed by atoms with Crippen LogP contribution in [0.4, 0.5) is 0 Å². The zero-order chi connectivity index (χ0) is 27.4. The number of aromatic carboxylic acids is 1. The van der Waals surface area contributed by atoms with E-state index >= 15 is 0 Å². The summed E-state index contributed by atoms with van der Waals surface area (Å²) in [5.41, 5.74) is 2.27. The average molecular weight is 590 g/mol. The minimum Gasteiger partial charge on any atom is -0.493 e. The van der Waals surface area contributed by atoms with Gasteiger partial charge >= 0.3 is 5.97 Å². The molecular weight excluding hydrogens is 562 g/mol. The summed E-state index contributed by atoms with van der Waals surface area (Å²) < 4.78 is 13.7. The van der Waals surface area contributed by atoms with Crippen LogP contribution in [0, 0.1) is 0 Å². The fraction of sp³-hybridized carbons (Fsp3) is 0.267. The van der Waals surface area contributed by atoms with E-state index in [0.717, 1.165) is 41.3 Å². The van der Waals surface area contributed by atoms with Crippen molar-refractivity contribution in [3.63, 3.8) is 0 Å². The molecule has 9 heteroatoms. The van der Waals surface area contributed by atoms with Crippen LogP contribution in [-0.2, 0) is 6.61 Å². The Morgan fingerprint density at radius 2 is 1.85 bits per heavy atom. The molecule has 3 aromatic carbocycles. The van der Waals surface area contributed by atoms with Crippen molar-refractivity contribution < 1.29 is 19.4 Å². The molecule has 0 bridgehead atoms. The zero-order valence-corrected chi connectivity index (χ0v) is 23.1. The van der Waals surface area contributed by atoms with Gasteiger partial charge in [-0.25, -0.2) is 9.78 Å². The van der Waals surface area contributed by atoms with E-state index in [0.29, 0.717) is 28.2 Å². The quantitative estimate of drug-likeness (QED) is 0.239. The zero-order valence-electron chi connectivity index (χ0n) is 21.5. The maximum absolute atomic E-state index is 13.5. The fourth-order valence-corrected chi connectivity index (χ4v) is 5.18. The number of nitrogens with zero attached hydrogens (tertiary/aromatic N) is 3. The van der Waals surface area contributed by atoms with Crippen LogP contribution in [0.2, 0.25) is 0 Å². The van der Waals surface area contributed by atoms with Gasteiger partial charge in [0.2, 0.25) is 0 Å². The topological polar surface area (TPSA) is 103 Å². The largest absolute Gasteiger partial charge is 0.493 e. The van der Waals surface area contributed by atoms with Crippen molar-refractivity contribution >= 4 is 39.0 Å². The molecule has 5 rings (SSSR count). The number of ether oxygens (including phenoxy) is 2. The first kappa shape index (κ1) is 26.6. The molecule has 39 heavy (non-hydrogen) atoms. The second kappa shape index (κ2) is 11.8. The monoisotopic (exact) mass is 589 g/mol. The Labute approximate surface area is 234 Å². The van der Waals surface area contributed by atoms with Gasteiger partial charge in [0.1, 0.15) is 12.4 Å². The summed E-state index contributed by atoms with van der Waals surface area (Å²) in [5.74, 6) is 0.968. The van der Waals surface area contributed by atoms with Gasteiger partial charge in [-0.05, 0) is 72.5 Å². The van der Waals surface area contributed by atoms with Crippen LogP contribution < -0.4 is 15.0 Å². The number of halogens is 1. The van der Waals surface area contributed by atoms with Crippen LogP contribution in [0.5, 0.6) is 11.5 Å². The number of hydrogen-bond acceptors (Lipinski definition) is 6. The third-order valence-corrected chi connectivity index (χ3v) is 7.40. The molecule has 200 valence electrons. The molecule has 1 saturated carbocycles. The van der Waals surface area contributed by atoms with Crippen LogP contribution in [0.1, 0.15) is 65.3 Å². The molecular formula is C30H28BrN3O5. The Bertz CT molecular complexity index is 1590. The highest BCUT2D eigenvalue weighted by atomic mass is 79.9. The number of hydrogen-bond donors (Lipinski definition) is 1. The molecule has 1 aromatic heterocycles. The van der Waals surface area contributed by atoms with Crippen LogP contribution >= 0.6 is 15.9 Å². The summed E-state index contributed by atoms with van der Waals surface area (Å²) >= 11 is 3.46. The Morgan fingerprint density at radius 3 is 2.56 bits per heavy atom. The van der Waals surface area contributed by atoms with Crippen LogP contribution in [-0.4, -0.2) is 34.1 Å². The minimum absolute atomic E-state index is 0.187. The Hall–Kier alpha value is -3.98. The third kappa shape index (κ3) is 6.04. The molecule has 8 nitrogen and oxygen atoms in total. The first-order chi connectivity index (χ1) is 18.9. The fourth-order valence-electron chi connectivity index (χ4n) is 4.82. The molecule has 1 aliphatic rings. The van der Waals surface area contributed by atoms with Crippen molar-refractivity contribution in [2.45, 2.75) is 44.6 Å². The normalized spacial score (nSPS) is 14.1. The average Bonchev–Trinajstić information content (AvgIpc) is 2.96. The Morgan fingerprint density at radius 1 is 1.08 bits per heavy atom. The highest BCUT2D eigenvalue weighted by Crippen LogP contribution is 2.32. The van der Waals surface area contributed by atoms with Gasteiger partial charge in [0.15, 0.2) is 11.5 Å². The van der Waals surface area contributed by atoms with Gasteiger partial charge in [0, 0.05) is 10.4 Å². The molecule has 1 heterocycles. The highest BCUT2D eigenvalue weighted by Gasteiger charge is 2.22. The summed E-state index contributed by atoms with van der Waals surface area (Å²) in [5, 5.41) is 14.2. The second-order valence-corrected chi connectivity index (χ2v) is 10.4. The SMILES string of the molecule is COc1cc(C=Nn2c(C3CCCCC3)nc3ccc(Br)cc3c2=O)ccc1OCc1ccc(C(=O)O)cc1. The van der Waals surface area contributed by atoms with E-state index in [2.05, 4.69) is 21.0 Å². The summed E-state index contributed by atoms with van der Waals surface area (Å²) in [6.45, 7) is 0.252. The lowest BCUT2D eigenvalue weighted by molar-refractivity contribution is 0.0697. The van der Waals surface area contributed by atoms with E-state index in [1.165, 1.54) is 11.1 Å². The van der Waals surface area contributed by atoms with Gasteiger partial charge in [-0.1, -0.05) is 47.3 Å². The number of benzene rings is 3. The number of fused-ring (bicyclic) bond motifs is 1. The molecule has 0 spiro atoms. The number of carboxylic acids is 1. The number of carboxylic acid groups (broad SMARTS) is 1. The van der Waals surface area contributed by atoms with Gasteiger partial charge in [0.05, 0.1) is 29.8 Å². The molecule has 0 radical (unpaired) electrons. The molecule has 0 saturated heterocycles. The summed E-state index contributed by atoms with van der Waals surface area (Å²) in [7, 11) is 1.56. The smallest absolute Gasteiger partial charge is 0.335 e. The Kier molecular flexibility index (Phi) is 8.07. The summed E-state index contributed by atoms with van der Waals surface area (Å²) in [6.07, 6.45) is 7.05. The molecule has 4 aromatic rings. The van der Waals surface area contributed by atoms with E-state index in [4.69, 9.17) is 19.6 Å². The molecule has 1 fully saturated rings. The first-order valence-electron chi connectivity index (χ1n) is 12.8. The first-order valence-corrected chi connectivity index (χ1v) is 13.6. The molecule has 0 unspecified atom stereocenters. The van der Waals surface area contributed by atoms with Gasteiger partial charge in [-0.3, -0.25) is 4.79 Å². The maximum Gasteiger partial charge on any atom is 0.335 e. The second-order valence-electron chi connectivity index (χ2n) is 9.53. The van der Waals surface area contributed by atoms with Crippen molar-refractivity contribution in [2.75, 3.05) is 7.11 Å². The lowest BCUT2D eigenvalue weighted by Gasteiger charge is -2.22. The molecule has 0 atom stereocenters. The van der Waals surface area contributed by atoms with Gasteiger partial charge in [-0.15, -0.1) is 0 Å². The van der Waals surface area contributed by atoms with Crippen molar-refractivity contribution in [3.05, 3.63) is 98.0 Å². The van der Waals surface area contributed by atoms with Crippen LogP contribution in [0.25, 0.3) is 10.9 Å². The van der Waals surface area contributed by atoms with Crippen molar-refractivity contribution in [3.8, 4) is 11.5 Å². The van der Waals surface area contributed by atoms with Gasteiger partial charge in [-0.2, -0.15) is 9.78 Å². The molecule has 0 amide bonds. The van der Waals surface area contributed by atoms with Crippen molar-refractivity contribution in [2.24, 2.45) is 5.10 Å². The van der Waals surface area contributed by atoms with E-state index in [1.807, 2.05) is 18.2 Å². The van der Waals surface area contributed by atoms with Crippen molar-refractivity contribution in [1.82, 2.24) is 9.66 Å². The highest BCUT2D eigenvalue weighted by molar-refractivity contribution is 9.10. The van der Waals surface area contributed by atoms with E-state index in [9.17, 15) is 9.59 Å². The molecule has 1 aliphatic carbocycles. The van der Waals surface area contributed by atoms with E-state index < -0.39 is 5.97 Å².